The van der Waals surface area contributed by atoms with Gasteiger partial charge in [-0.25, -0.2) is 4.39 Å². The van der Waals surface area contributed by atoms with Crippen molar-refractivity contribution >= 4 is 17.4 Å². The standard InChI is InChI=1S/C16H12ClFN2O/c1-9-6-7-10(8-13(9)18)15-14(16(19)20-21-15)11-4-2-3-5-12(11)17/h2-8H,1H3,(H2,19,20). The zero-order chi connectivity index (χ0) is 15.0. The number of anilines is 1. The van der Waals surface area contributed by atoms with E-state index in [-0.39, 0.29) is 11.6 Å². The van der Waals surface area contributed by atoms with E-state index in [9.17, 15) is 4.39 Å². The first-order chi connectivity index (χ1) is 10.1. The molecule has 0 spiro atoms. The molecule has 3 aromatic rings. The third-order valence-corrected chi connectivity index (χ3v) is 3.63. The summed E-state index contributed by atoms with van der Waals surface area (Å²) in [6, 6.07) is 12.1. The highest BCUT2D eigenvalue weighted by atomic mass is 35.5. The maximum atomic E-state index is 13.8. The highest BCUT2D eigenvalue weighted by molar-refractivity contribution is 6.33. The summed E-state index contributed by atoms with van der Waals surface area (Å²) in [6.45, 7) is 1.70. The molecule has 0 aliphatic carbocycles. The number of nitrogens with zero attached hydrogens (tertiary/aromatic N) is 1. The number of rotatable bonds is 2. The fourth-order valence-corrected chi connectivity index (χ4v) is 2.39. The molecule has 0 saturated heterocycles. The van der Waals surface area contributed by atoms with Crippen LogP contribution in [0.1, 0.15) is 5.56 Å². The van der Waals surface area contributed by atoms with Crippen LogP contribution >= 0.6 is 11.6 Å². The molecule has 0 unspecified atom stereocenters. The fraction of sp³-hybridized carbons (Fsp3) is 0.0625. The molecular formula is C16H12ClFN2O. The van der Waals surface area contributed by atoms with Crippen LogP contribution in [0.2, 0.25) is 5.02 Å². The summed E-state index contributed by atoms with van der Waals surface area (Å²) in [5.74, 6) is 0.311. The van der Waals surface area contributed by atoms with Gasteiger partial charge in [0.25, 0.3) is 0 Å². The lowest BCUT2D eigenvalue weighted by Gasteiger charge is -2.05. The second-order valence-corrected chi connectivity index (χ2v) is 5.12. The number of hydrogen-bond acceptors (Lipinski definition) is 3. The summed E-state index contributed by atoms with van der Waals surface area (Å²) in [7, 11) is 0. The highest BCUT2D eigenvalue weighted by Gasteiger charge is 2.20. The van der Waals surface area contributed by atoms with Crippen LogP contribution in [0.5, 0.6) is 0 Å². The maximum absolute atomic E-state index is 13.8. The molecule has 0 aliphatic rings. The molecule has 0 amide bonds. The molecule has 0 aliphatic heterocycles. The summed E-state index contributed by atoms with van der Waals surface area (Å²) in [5.41, 5.74) is 8.29. The van der Waals surface area contributed by atoms with E-state index >= 15 is 0 Å². The molecular weight excluding hydrogens is 291 g/mol. The molecule has 3 rings (SSSR count). The van der Waals surface area contributed by atoms with Crippen molar-refractivity contribution in [3.8, 4) is 22.5 Å². The Labute approximate surface area is 126 Å². The van der Waals surface area contributed by atoms with Gasteiger partial charge in [-0.1, -0.05) is 47.1 Å². The Kier molecular flexibility index (Phi) is 3.39. The van der Waals surface area contributed by atoms with Crippen molar-refractivity contribution in [3.63, 3.8) is 0 Å². The van der Waals surface area contributed by atoms with Crippen molar-refractivity contribution in [2.45, 2.75) is 6.92 Å². The predicted octanol–water partition coefficient (Wildman–Crippen LogP) is 4.69. The Hall–Kier alpha value is -2.33. The van der Waals surface area contributed by atoms with Gasteiger partial charge >= 0.3 is 0 Å². The molecule has 21 heavy (non-hydrogen) atoms. The average Bonchev–Trinajstić information content (AvgIpc) is 2.84. The van der Waals surface area contributed by atoms with Gasteiger partial charge in [0.1, 0.15) is 5.82 Å². The van der Waals surface area contributed by atoms with E-state index in [1.807, 2.05) is 18.2 Å². The van der Waals surface area contributed by atoms with Gasteiger partial charge in [-0.3, -0.25) is 0 Å². The molecule has 0 fully saturated rings. The average molecular weight is 303 g/mol. The summed E-state index contributed by atoms with van der Waals surface area (Å²) in [4.78, 5) is 0. The minimum Gasteiger partial charge on any atom is -0.380 e. The number of halogens is 2. The predicted molar refractivity (Wildman–Crippen MR) is 81.5 cm³/mol. The molecule has 3 nitrogen and oxygen atoms in total. The van der Waals surface area contributed by atoms with E-state index in [0.717, 1.165) is 0 Å². The van der Waals surface area contributed by atoms with E-state index in [4.69, 9.17) is 21.9 Å². The third kappa shape index (κ3) is 2.38. The molecule has 106 valence electrons. The van der Waals surface area contributed by atoms with Crippen LogP contribution in [0.25, 0.3) is 22.5 Å². The Morgan fingerprint density at radius 3 is 2.67 bits per heavy atom. The lowest BCUT2D eigenvalue weighted by Crippen LogP contribution is -1.90. The van der Waals surface area contributed by atoms with Gasteiger partial charge in [0, 0.05) is 16.1 Å². The third-order valence-electron chi connectivity index (χ3n) is 3.30. The minimum atomic E-state index is -0.312. The zero-order valence-corrected chi connectivity index (χ0v) is 12.0. The molecule has 1 heterocycles. The van der Waals surface area contributed by atoms with Gasteiger partial charge in [0.2, 0.25) is 0 Å². The van der Waals surface area contributed by atoms with Crippen molar-refractivity contribution in [2.24, 2.45) is 0 Å². The van der Waals surface area contributed by atoms with Gasteiger partial charge in [-0.2, -0.15) is 0 Å². The fourth-order valence-electron chi connectivity index (χ4n) is 2.16. The van der Waals surface area contributed by atoms with E-state index < -0.39 is 0 Å². The summed E-state index contributed by atoms with van der Waals surface area (Å²) in [5, 5.41) is 4.31. The monoisotopic (exact) mass is 302 g/mol. The van der Waals surface area contributed by atoms with Gasteiger partial charge in [-0.15, -0.1) is 0 Å². The van der Waals surface area contributed by atoms with Gasteiger partial charge < -0.3 is 10.3 Å². The van der Waals surface area contributed by atoms with E-state index in [1.54, 1.807) is 25.1 Å². The summed E-state index contributed by atoms with van der Waals surface area (Å²) in [6.07, 6.45) is 0. The van der Waals surface area contributed by atoms with Gasteiger partial charge in [0.05, 0.1) is 5.56 Å². The first kappa shape index (κ1) is 13.6. The van der Waals surface area contributed by atoms with Crippen LogP contribution in [-0.4, -0.2) is 5.16 Å². The Balaban J connectivity index is 2.22. The highest BCUT2D eigenvalue weighted by Crippen LogP contribution is 2.39. The lowest BCUT2D eigenvalue weighted by atomic mass is 10.0. The molecule has 0 atom stereocenters. The normalized spacial score (nSPS) is 10.8. The number of nitrogen functional groups attached to an aromatic ring is 1. The molecule has 0 bridgehead atoms. The smallest absolute Gasteiger partial charge is 0.177 e. The minimum absolute atomic E-state index is 0.221. The molecule has 2 N–H and O–H groups in total. The van der Waals surface area contributed by atoms with Crippen LogP contribution in [0.4, 0.5) is 10.2 Å². The van der Waals surface area contributed by atoms with Crippen LogP contribution < -0.4 is 5.73 Å². The van der Waals surface area contributed by atoms with Gasteiger partial charge in [0.15, 0.2) is 11.6 Å². The van der Waals surface area contributed by atoms with Crippen molar-refractivity contribution < 1.29 is 8.91 Å². The van der Waals surface area contributed by atoms with E-state index in [2.05, 4.69) is 5.16 Å². The largest absolute Gasteiger partial charge is 0.380 e. The number of hydrogen-bond donors (Lipinski definition) is 1. The number of nitrogens with two attached hydrogens (primary N) is 1. The molecule has 0 radical (unpaired) electrons. The van der Waals surface area contributed by atoms with Gasteiger partial charge in [-0.05, 0) is 24.6 Å². The van der Waals surface area contributed by atoms with Crippen LogP contribution in [-0.2, 0) is 0 Å². The molecule has 5 heteroatoms. The molecule has 1 aromatic heterocycles. The Bertz CT molecular complexity index is 814. The Morgan fingerprint density at radius 2 is 1.95 bits per heavy atom. The van der Waals surface area contributed by atoms with Crippen molar-refractivity contribution in [2.75, 3.05) is 5.73 Å². The number of aromatic nitrogens is 1. The first-order valence-electron chi connectivity index (χ1n) is 6.34. The second-order valence-electron chi connectivity index (χ2n) is 4.72. The first-order valence-corrected chi connectivity index (χ1v) is 6.72. The number of benzene rings is 2. The van der Waals surface area contributed by atoms with Crippen LogP contribution in [0.15, 0.2) is 47.0 Å². The van der Waals surface area contributed by atoms with Crippen molar-refractivity contribution in [1.29, 1.82) is 0 Å². The van der Waals surface area contributed by atoms with E-state index in [0.29, 0.717) is 33.0 Å². The molecule has 0 saturated carbocycles. The summed E-state index contributed by atoms with van der Waals surface area (Å²) < 4.78 is 19.1. The maximum Gasteiger partial charge on any atom is 0.177 e. The number of aryl methyl sites for hydroxylation is 1. The topological polar surface area (TPSA) is 52.0 Å². The second kappa shape index (κ2) is 5.22. The van der Waals surface area contributed by atoms with Crippen molar-refractivity contribution in [1.82, 2.24) is 5.16 Å². The molecule has 2 aromatic carbocycles. The van der Waals surface area contributed by atoms with Crippen LogP contribution in [0.3, 0.4) is 0 Å². The zero-order valence-electron chi connectivity index (χ0n) is 11.2. The lowest BCUT2D eigenvalue weighted by molar-refractivity contribution is 0.436. The van der Waals surface area contributed by atoms with Crippen LogP contribution in [0, 0.1) is 12.7 Å². The Morgan fingerprint density at radius 1 is 1.19 bits per heavy atom. The summed E-state index contributed by atoms with van der Waals surface area (Å²) >= 11 is 6.20. The SMILES string of the molecule is Cc1ccc(-c2onc(N)c2-c2ccccc2Cl)cc1F. The quantitative estimate of drug-likeness (QED) is 0.747. The van der Waals surface area contributed by atoms with Crippen molar-refractivity contribution in [3.05, 3.63) is 58.9 Å². The van der Waals surface area contributed by atoms with E-state index in [1.165, 1.54) is 6.07 Å².